The molecule has 1 aliphatic heterocycles. The van der Waals surface area contributed by atoms with Crippen molar-refractivity contribution in [2.24, 2.45) is 0 Å². The van der Waals surface area contributed by atoms with Gasteiger partial charge < -0.3 is 14.8 Å². The fourth-order valence-electron chi connectivity index (χ4n) is 2.02. The molecular weight excluding hydrogens is 260 g/mol. The molecule has 1 N–H and O–H groups in total. The van der Waals surface area contributed by atoms with Gasteiger partial charge in [0.2, 0.25) is 5.76 Å². The number of nitrogens with zero attached hydrogens (tertiary/aromatic N) is 3. The molecule has 1 aliphatic rings. The van der Waals surface area contributed by atoms with E-state index >= 15 is 0 Å². The Kier molecular flexibility index (Phi) is 4.60. The minimum Gasteiger partial charge on any atom is -0.491 e. The minimum absolute atomic E-state index is 0.228. The SMILES string of the molecule is CC1=C(C(=O)NCCCn2nc(C)nc2C)OCCO1. The number of nitrogens with one attached hydrogen (secondary N) is 1. The molecular formula is C13H20N4O3. The third-order valence-corrected chi connectivity index (χ3v) is 2.97. The van der Waals surface area contributed by atoms with E-state index in [1.54, 1.807) is 6.92 Å². The van der Waals surface area contributed by atoms with E-state index in [4.69, 9.17) is 9.47 Å². The van der Waals surface area contributed by atoms with E-state index in [2.05, 4.69) is 15.4 Å². The van der Waals surface area contributed by atoms with Gasteiger partial charge >= 0.3 is 0 Å². The molecule has 0 unspecified atom stereocenters. The zero-order valence-corrected chi connectivity index (χ0v) is 12.1. The van der Waals surface area contributed by atoms with E-state index in [-0.39, 0.29) is 11.7 Å². The number of aromatic nitrogens is 3. The smallest absolute Gasteiger partial charge is 0.289 e. The van der Waals surface area contributed by atoms with Gasteiger partial charge in [-0.3, -0.25) is 9.48 Å². The highest BCUT2D eigenvalue weighted by molar-refractivity contribution is 5.91. The summed E-state index contributed by atoms with van der Waals surface area (Å²) in [5, 5.41) is 7.08. The average molecular weight is 280 g/mol. The first-order valence-electron chi connectivity index (χ1n) is 6.70. The Balaban J connectivity index is 1.76. The van der Waals surface area contributed by atoms with Crippen LogP contribution in [0.25, 0.3) is 0 Å². The molecule has 7 heteroatoms. The average Bonchev–Trinajstić information content (AvgIpc) is 2.73. The number of rotatable bonds is 5. The second-order valence-electron chi connectivity index (χ2n) is 4.62. The van der Waals surface area contributed by atoms with Crippen LogP contribution in [0.3, 0.4) is 0 Å². The summed E-state index contributed by atoms with van der Waals surface area (Å²) in [6.45, 7) is 7.70. The molecule has 0 aromatic carbocycles. The number of aryl methyl sites for hydroxylation is 3. The number of carbonyl (C=O) groups excluding carboxylic acids is 1. The number of carbonyl (C=O) groups is 1. The highest BCUT2D eigenvalue weighted by atomic mass is 16.6. The summed E-state index contributed by atoms with van der Waals surface area (Å²) < 4.78 is 12.4. The number of ether oxygens (including phenoxy) is 2. The molecule has 0 spiro atoms. The first-order valence-corrected chi connectivity index (χ1v) is 6.70. The Hall–Kier alpha value is -2.05. The van der Waals surface area contributed by atoms with Crippen molar-refractivity contribution in [3.63, 3.8) is 0 Å². The van der Waals surface area contributed by atoms with Crippen LogP contribution in [0.2, 0.25) is 0 Å². The molecule has 2 rings (SSSR count). The quantitative estimate of drug-likeness (QED) is 0.802. The van der Waals surface area contributed by atoms with Crippen molar-refractivity contribution in [1.29, 1.82) is 0 Å². The van der Waals surface area contributed by atoms with E-state index in [9.17, 15) is 4.79 Å². The van der Waals surface area contributed by atoms with E-state index in [1.807, 2.05) is 18.5 Å². The molecule has 20 heavy (non-hydrogen) atoms. The predicted molar refractivity (Wildman–Crippen MR) is 71.7 cm³/mol. The molecule has 2 heterocycles. The second kappa shape index (κ2) is 6.40. The van der Waals surface area contributed by atoms with Gasteiger partial charge in [0.05, 0.1) is 0 Å². The maximum absolute atomic E-state index is 11.9. The van der Waals surface area contributed by atoms with Crippen LogP contribution in [0.15, 0.2) is 11.5 Å². The predicted octanol–water partition coefficient (Wildman–Crippen LogP) is 0.680. The molecule has 1 aromatic heterocycles. The topological polar surface area (TPSA) is 78.3 Å². The monoisotopic (exact) mass is 280 g/mol. The van der Waals surface area contributed by atoms with Crippen molar-refractivity contribution in [3.05, 3.63) is 23.2 Å². The van der Waals surface area contributed by atoms with Gasteiger partial charge in [-0.2, -0.15) is 5.10 Å². The normalized spacial score (nSPS) is 14.8. The van der Waals surface area contributed by atoms with Crippen LogP contribution in [-0.4, -0.2) is 40.4 Å². The third-order valence-electron chi connectivity index (χ3n) is 2.97. The van der Waals surface area contributed by atoms with Gasteiger partial charge in [0.15, 0.2) is 0 Å². The van der Waals surface area contributed by atoms with Crippen LogP contribution in [0.1, 0.15) is 25.0 Å². The molecule has 0 bridgehead atoms. The zero-order valence-electron chi connectivity index (χ0n) is 12.1. The molecule has 0 aliphatic carbocycles. The van der Waals surface area contributed by atoms with Crippen LogP contribution < -0.4 is 5.32 Å². The number of allylic oxidation sites excluding steroid dienone is 1. The van der Waals surface area contributed by atoms with Gasteiger partial charge in [-0.1, -0.05) is 0 Å². The highest BCUT2D eigenvalue weighted by Crippen LogP contribution is 2.12. The van der Waals surface area contributed by atoms with Crippen LogP contribution >= 0.6 is 0 Å². The van der Waals surface area contributed by atoms with E-state index in [1.165, 1.54) is 0 Å². The summed E-state index contributed by atoms with van der Waals surface area (Å²) in [4.78, 5) is 16.1. The van der Waals surface area contributed by atoms with E-state index < -0.39 is 0 Å². The maximum Gasteiger partial charge on any atom is 0.289 e. The highest BCUT2D eigenvalue weighted by Gasteiger charge is 2.19. The van der Waals surface area contributed by atoms with Crippen LogP contribution in [0.5, 0.6) is 0 Å². The Morgan fingerprint density at radius 1 is 1.30 bits per heavy atom. The Morgan fingerprint density at radius 2 is 2.05 bits per heavy atom. The lowest BCUT2D eigenvalue weighted by Gasteiger charge is -2.19. The number of hydrogen-bond donors (Lipinski definition) is 1. The summed E-state index contributed by atoms with van der Waals surface area (Å²) in [5.41, 5.74) is 0. The van der Waals surface area contributed by atoms with Crippen LogP contribution in [-0.2, 0) is 20.8 Å². The van der Waals surface area contributed by atoms with Crippen molar-refractivity contribution in [1.82, 2.24) is 20.1 Å². The molecule has 1 aromatic rings. The fourth-order valence-corrected chi connectivity index (χ4v) is 2.02. The summed E-state index contributed by atoms with van der Waals surface area (Å²) in [6.07, 6.45) is 0.780. The van der Waals surface area contributed by atoms with Gasteiger partial charge in [-0.15, -0.1) is 0 Å². The summed E-state index contributed by atoms with van der Waals surface area (Å²) in [7, 11) is 0. The molecule has 7 nitrogen and oxygen atoms in total. The molecule has 0 saturated carbocycles. The Morgan fingerprint density at radius 3 is 2.70 bits per heavy atom. The van der Waals surface area contributed by atoms with E-state index in [0.717, 1.165) is 24.6 Å². The molecule has 1 amide bonds. The van der Waals surface area contributed by atoms with Crippen molar-refractivity contribution >= 4 is 5.91 Å². The molecule has 110 valence electrons. The summed E-state index contributed by atoms with van der Waals surface area (Å²) in [5.74, 6) is 2.24. The van der Waals surface area contributed by atoms with E-state index in [0.29, 0.717) is 25.5 Å². The lowest BCUT2D eigenvalue weighted by molar-refractivity contribution is -0.122. The van der Waals surface area contributed by atoms with Gasteiger partial charge in [0.1, 0.15) is 30.6 Å². The van der Waals surface area contributed by atoms with Crippen molar-refractivity contribution in [2.45, 2.75) is 33.7 Å². The maximum atomic E-state index is 11.9. The largest absolute Gasteiger partial charge is 0.491 e. The standard InChI is InChI=1S/C13H20N4O3/c1-9-12(20-8-7-19-9)13(18)14-5-4-6-17-11(3)15-10(2)16-17/h4-8H2,1-3H3,(H,14,18). The third kappa shape index (κ3) is 3.49. The van der Waals surface area contributed by atoms with Crippen molar-refractivity contribution in [3.8, 4) is 0 Å². The Bertz CT molecular complexity index is 522. The van der Waals surface area contributed by atoms with Gasteiger partial charge in [-0.25, -0.2) is 4.98 Å². The first-order chi connectivity index (χ1) is 9.58. The lowest BCUT2D eigenvalue weighted by atomic mass is 10.3. The lowest BCUT2D eigenvalue weighted by Crippen LogP contribution is -2.31. The minimum atomic E-state index is -0.228. The number of amides is 1. The summed E-state index contributed by atoms with van der Waals surface area (Å²) >= 11 is 0. The van der Waals surface area contributed by atoms with Gasteiger partial charge in [0.25, 0.3) is 5.91 Å². The molecule has 0 fully saturated rings. The van der Waals surface area contributed by atoms with Crippen LogP contribution in [0.4, 0.5) is 0 Å². The van der Waals surface area contributed by atoms with Gasteiger partial charge in [0, 0.05) is 13.1 Å². The van der Waals surface area contributed by atoms with Gasteiger partial charge in [-0.05, 0) is 27.2 Å². The first kappa shape index (κ1) is 14.4. The summed E-state index contributed by atoms with van der Waals surface area (Å²) in [6, 6.07) is 0. The fraction of sp³-hybridized carbons (Fsp3) is 0.615. The Labute approximate surface area is 118 Å². The second-order valence-corrected chi connectivity index (χ2v) is 4.62. The molecule has 0 radical (unpaired) electrons. The van der Waals surface area contributed by atoms with Crippen molar-refractivity contribution < 1.29 is 14.3 Å². The number of hydrogen-bond acceptors (Lipinski definition) is 5. The molecule has 0 saturated heterocycles. The molecule has 0 atom stereocenters. The van der Waals surface area contributed by atoms with Crippen molar-refractivity contribution in [2.75, 3.05) is 19.8 Å². The zero-order chi connectivity index (χ0) is 14.5. The van der Waals surface area contributed by atoms with Crippen LogP contribution in [0, 0.1) is 13.8 Å².